The summed E-state index contributed by atoms with van der Waals surface area (Å²) < 4.78 is 0. The number of carbonyl (C=O) groups excluding carboxylic acids is 3. The number of nitrogens with zero attached hydrogens (tertiary/aromatic N) is 2. The Morgan fingerprint density at radius 1 is 1.21 bits per heavy atom. The zero-order chi connectivity index (χ0) is 21.2. The number of nitrogens with one attached hydrogen (secondary N) is 1. The molecule has 1 fully saturated rings. The van der Waals surface area contributed by atoms with Crippen molar-refractivity contribution in [3.8, 4) is 0 Å². The predicted molar refractivity (Wildman–Crippen MR) is 117 cm³/mol. The summed E-state index contributed by atoms with van der Waals surface area (Å²) in [4.78, 5) is 43.4. The SMILES string of the molecule is Cc1ccc(/C=C2\SC(=O)N(CCNC(=O)c3cnc(C(C)(C)C)s3)C2=O)cc1. The highest BCUT2D eigenvalue weighted by atomic mass is 32.2. The zero-order valence-electron chi connectivity index (χ0n) is 16.8. The van der Waals surface area contributed by atoms with Gasteiger partial charge in [0.1, 0.15) is 4.88 Å². The van der Waals surface area contributed by atoms with Crippen molar-refractivity contribution in [3.05, 3.63) is 56.4 Å². The minimum atomic E-state index is -0.331. The Kier molecular flexibility index (Phi) is 6.24. The minimum Gasteiger partial charge on any atom is -0.349 e. The number of rotatable bonds is 5. The van der Waals surface area contributed by atoms with Crippen molar-refractivity contribution >= 4 is 46.2 Å². The normalized spacial score (nSPS) is 16.0. The molecule has 0 bridgehead atoms. The highest BCUT2D eigenvalue weighted by Crippen LogP contribution is 2.32. The van der Waals surface area contributed by atoms with Gasteiger partial charge in [0.05, 0.1) is 16.1 Å². The fourth-order valence-electron chi connectivity index (χ4n) is 2.60. The lowest BCUT2D eigenvalue weighted by Gasteiger charge is -2.13. The van der Waals surface area contributed by atoms with Gasteiger partial charge in [-0.15, -0.1) is 11.3 Å². The van der Waals surface area contributed by atoms with E-state index in [2.05, 4.69) is 10.3 Å². The summed E-state index contributed by atoms with van der Waals surface area (Å²) in [5.41, 5.74) is 1.88. The van der Waals surface area contributed by atoms with Gasteiger partial charge < -0.3 is 5.32 Å². The molecule has 1 aromatic carbocycles. The Labute approximate surface area is 178 Å². The molecule has 152 valence electrons. The van der Waals surface area contributed by atoms with Gasteiger partial charge in [0, 0.05) is 18.5 Å². The van der Waals surface area contributed by atoms with E-state index in [9.17, 15) is 14.4 Å². The zero-order valence-corrected chi connectivity index (χ0v) is 18.4. The van der Waals surface area contributed by atoms with Gasteiger partial charge in [-0.1, -0.05) is 50.6 Å². The van der Waals surface area contributed by atoms with Crippen molar-refractivity contribution in [3.63, 3.8) is 0 Å². The van der Waals surface area contributed by atoms with Gasteiger partial charge in [-0.3, -0.25) is 19.3 Å². The second kappa shape index (κ2) is 8.51. The average molecular weight is 430 g/mol. The molecule has 1 aliphatic rings. The van der Waals surface area contributed by atoms with Crippen molar-refractivity contribution < 1.29 is 14.4 Å². The molecule has 6 nitrogen and oxygen atoms in total. The molecule has 0 unspecified atom stereocenters. The number of thiazole rings is 1. The average Bonchev–Trinajstić information content (AvgIpc) is 3.24. The molecule has 8 heteroatoms. The fourth-order valence-corrected chi connectivity index (χ4v) is 4.36. The van der Waals surface area contributed by atoms with E-state index in [0.29, 0.717) is 9.78 Å². The van der Waals surface area contributed by atoms with Crippen molar-refractivity contribution in [1.29, 1.82) is 0 Å². The molecule has 0 radical (unpaired) electrons. The van der Waals surface area contributed by atoms with Crippen LogP contribution in [0.5, 0.6) is 0 Å². The molecule has 3 rings (SSSR count). The van der Waals surface area contributed by atoms with E-state index < -0.39 is 0 Å². The highest BCUT2D eigenvalue weighted by molar-refractivity contribution is 8.18. The first-order valence-corrected chi connectivity index (χ1v) is 10.8. The largest absolute Gasteiger partial charge is 0.349 e. The molecule has 2 heterocycles. The number of carbonyl (C=O) groups is 3. The van der Waals surface area contributed by atoms with Gasteiger partial charge in [0.2, 0.25) is 0 Å². The van der Waals surface area contributed by atoms with Crippen LogP contribution in [0, 0.1) is 6.92 Å². The maximum atomic E-state index is 12.5. The van der Waals surface area contributed by atoms with E-state index in [0.717, 1.165) is 32.8 Å². The summed E-state index contributed by atoms with van der Waals surface area (Å²) >= 11 is 2.27. The molecule has 0 saturated carbocycles. The summed E-state index contributed by atoms with van der Waals surface area (Å²) in [6, 6.07) is 7.72. The van der Waals surface area contributed by atoms with Crippen LogP contribution in [-0.4, -0.2) is 40.0 Å². The molecule has 2 aromatic rings. The predicted octanol–water partition coefficient (Wildman–Crippen LogP) is 4.22. The number of imide groups is 1. The number of amides is 3. The first-order chi connectivity index (χ1) is 13.6. The molecule has 1 aromatic heterocycles. The third-order valence-electron chi connectivity index (χ3n) is 4.24. The van der Waals surface area contributed by atoms with Crippen LogP contribution < -0.4 is 5.32 Å². The van der Waals surface area contributed by atoms with E-state index >= 15 is 0 Å². The van der Waals surface area contributed by atoms with Gasteiger partial charge in [0.15, 0.2) is 0 Å². The van der Waals surface area contributed by atoms with Crippen LogP contribution in [0.1, 0.15) is 46.6 Å². The molecule has 29 heavy (non-hydrogen) atoms. The summed E-state index contributed by atoms with van der Waals surface area (Å²) in [7, 11) is 0. The van der Waals surface area contributed by atoms with E-state index in [1.54, 1.807) is 12.3 Å². The molecule has 1 N–H and O–H groups in total. The van der Waals surface area contributed by atoms with Crippen LogP contribution in [0.15, 0.2) is 35.4 Å². The number of hydrogen-bond acceptors (Lipinski definition) is 6. The number of hydrogen-bond donors (Lipinski definition) is 1. The molecule has 3 amide bonds. The van der Waals surface area contributed by atoms with Gasteiger partial charge >= 0.3 is 0 Å². The van der Waals surface area contributed by atoms with Gasteiger partial charge in [0.25, 0.3) is 17.1 Å². The number of aromatic nitrogens is 1. The maximum absolute atomic E-state index is 12.5. The van der Waals surface area contributed by atoms with Crippen LogP contribution in [0.25, 0.3) is 6.08 Å². The fraction of sp³-hybridized carbons (Fsp3) is 0.333. The van der Waals surface area contributed by atoms with Crippen LogP contribution in [0.2, 0.25) is 0 Å². The van der Waals surface area contributed by atoms with Crippen LogP contribution >= 0.6 is 23.1 Å². The molecule has 0 aliphatic carbocycles. The lowest BCUT2D eigenvalue weighted by molar-refractivity contribution is -0.122. The minimum absolute atomic E-state index is 0.116. The highest BCUT2D eigenvalue weighted by Gasteiger charge is 2.34. The standard InChI is InChI=1S/C21H23N3O3S2/c1-13-5-7-14(8-6-13)11-15-18(26)24(20(27)29-15)10-9-22-17(25)16-12-23-19(28-16)21(2,3)4/h5-8,11-12H,9-10H2,1-4H3,(H,22,25)/b15-11-. The van der Waals surface area contributed by atoms with Crippen molar-refractivity contribution in [2.45, 2.75) is 33.1 Å². The number of aryl methyl sites for hydroxylation is 1. The number of benzene rings is 1. The van der Waals surface area contributed by atoms with Crippen LogP contribution in [-0.2, 0) is 10.2 Å². The van der Waals surface area contributed by atoms with Gasteiger partial charge in [-0.25, -0.2) is 4.98 Å². The smallest absolute Gasteiger partial charge is 0.293 e. The van der Waals surface area contributed by atoms with E-state index in [-0.39, 0.29) is 35.6 Å². The molecular formula is C21H23N3O3S2. The molecule has 0 atom stereocenters. The topological polar surface area (TPSA) is 79.4 Å². The Hall–Kier alpha value is -2.45. The second-order valence-corrected chi connectivity index (χ2v) is 9.80. The summed E-state index contributed by atoms with van der Waals surface area (Å²) in [5.74, 6) is -0.581. The summed E-state index contributed by atoms with van der Waals surface area (Å²) in [5, 5.41) is 3.32. The van der Waals surface area contributed by atoms with E-state index in [1.165, 1.54) is 11.3 Å². The van der Waals surface area contributed by atoms with Crippen molar-refractivity contribution in [2.75, 3.05) is 13.1 Å². The first kappa shape index (κ1) is 21.3. The van der Waals surface area contributed by atoms with Crippen LogP contribution in [0.4, 0.5) is 4.79 Å². The van der Waals surface area contributed by atoms with E-state index in [4.69, 9.17) is 0 Å². The van der Waals surface area contributed by atoms with Crippen LogP contribution in [0.3, 0.4) is 0 Å². The Balaban J connectivity index is 1.57. The van der Waals surface area contributed by atoms with Gasteiger partial charge in [-0.2, -0.15) is 0 Å². The lowest BCUT2D eigenvalue weighted by Crippen LogP contribution is -2.37. The third-order valence-corrected chi connectivity index (χ3v) is 6.57. The monoisotopic (exact) mass is 429 g/mol. The molecule has 1 aliphatic heterocycles. The van der Waals surface area contributed by atoms with Gasteiger partial charge in [-0.05, 0) is 30.3 Å². The Bertz CT molecular complexity index is 972. The quantitative estimate of drug-likeness (QED) is 0.720. The number of thioether (sulfide) groups is 1. The lowest BCUT2D eigenvalue weighted by atomic mass is 9.98. The molecular weight excluding hydrogens is 406 g/mol. The summed E-state index contributed by atoms with van der Waals surface area (Å²) in [6.07, 6.45) is 3.28. The maximum Gasteiger partial charge on any atom is 0.293 e. The van der Waals surface area contributed by atoms with E-state index in [1.807, 2.05) is 52.0 Å². The first-order valence-electron chi connectivity index (χ1n) is 9.22. The molecule has 1 saturated heterocycles. The molecule has 0 spiro atoms. The summed E-state index contributed by atoms with van der Waals surface area (Å²) in [6.45, 7) is 8.43. The second-order valence-electron chi connectivity index (χ2n) is 7.78. The van der Waals surface area contributed by atoms with Crippen molar-refractivity contribution in [2.24, 2.45) is 0 Å². The Morgan fingerprint density at radius 3 is 2.52 bits per heavy atom. The third kappa shape index (κ3) is 5.13. The Morgan fingerprint density at radius 2 is 1.90 bits per heavy atom. The van der Waals surface area contributed by atoms with Crippen molar-refractivity contribution in [1.82, 2.24) is 15.2 Å².